The van der Waals surface area contributed by atoms with E-state index >= 15 is 0 Å². The van der Waals surface area contributed by atoms with E-state index in [1.807, 2.05) is 43.3 Å². The van der Waals surface area contributed by atoms with Crippen LogP contribution in [0.3, 0.4) is 0 Å². The minimum atomic E-state index is -0.571. The molecule has 2 N–H and O–H groups in total. The van der Waals surface area contributed by atoms with Crippen LogP contribution in [-0.4, -0.2) is 22.6 Å². The van der Waals surface area contributed by atoms with Gasteiger partial charge < -0.3 is 10.6 Å². The van der Waals surface area contributed by atoms with Crippen molar-refractivity contribution in [1.82, 2.24) is 4.90 Å². The minimum Gasteiger partial charge on any atom is -0.350 e. The lowest BCUT2D eigenvalue weighted by molar-refractivity contribution is -0.138. The zero-order valence-electron chi connectivity index (χ0n) is 17.6. The molecule has 6 nitrogen and oxygen atoms in total. The summed E-state index contributed by atoms with van der Waals surface area (Å²) in [5, 5.41) is 6.04. The highest BCUT2D eigenvalue weighted by molar-refractivity contribution is 6.48. The Kier molecular flexibility index (Phi) is 6.49. The summed E-state index contributed by atoms with van der Waals surface area (Å²) in [7, 11) is 0. The Morgan fingerprint density at radius 3 is 2.36 bits per heavy atom. The number of rotatable bonds is 6. The largest absolute Gasteiger partial charge is 0.350 e. The summed E-state index contributed by atoms with van der Waals surface area (Å²) in [6.07, 6.45) is 0. The van der Waals surface area contributed by atoms with Crippen molar-refractivity contribution in [3.63, 3.8) is 0 Å². The molecule has 3 aromatic rings. The van der Waals surface area contributed by atoms with Crippen LogP contribution in [0.1, 0.15) is 21.5 Å². The fourth-order valence-corrected chi connectivity index (χ4v) is 3.73. The second kappa shape index (κ2) is 9.48. The molecule has 3 amide bonds. The van der Waals surface area contributed by atoms with Crippen molar-refractivity contribution >= 4 is 52.3 Å². The summed E-state index contributed by atoms with van der Waals surface area (Å²) in [5.74, 6) is -1.45. The predicted molar refractivity (Wildman–Crippen MR) is 129 cm³/mol. The number of carbonyl (C=O) groups is 3. The molecule has 0 aliphatic carbocycles. The van der Waals surface area contributed by atoms with E-state index in [0.29, 0.717) is 22.0 Å². The SMILES string of the molecule is Cc1ccc(NC(=O)c2cccc(NC3=C(Cl)C(=O)N(Cc4ccccc4)C3=O)c2)cc1Cl. The van der Waals surface area contributed by atoms with Crippen LogP contribution in [-0.2, 0) is 16.1 Å². The Labute approximate surface area is 200 Å². The van der Waals surface area contributed by atoms with Gasteiger partial charge in [0.2, 0.25) is 0 Å². The van der Waals surface area contributed by atoms with Crippen molar-refractivity contribution in [3.8, 4) is 0 Å². The van der Waals surface area contributed by atoms with Crippen molar-refractivity contribution < 1.29 is 14.4 Å². The number of hydrogen-bond acceptors (Lipinski definition) is 4. The molecule has 1 aliphatic heterocycles. The highest BCUT2D eigenvalue weighted by Crippen LogP contribution is 2.27. The fraction of sp³-hybridized carbons (Fsp3) is 0.0800. The molecule has 0 atom stereocenters. The highest BCUT2D eigenvalue weighted by Gasteiger charge is 2.37. The molecule has 3 aromatic carbocycles. The lowest BCUT2D eigenvalue weighted by Gasteiger charge is -2.15. The van der Waals surface area contributed by atoms with Crippen LogP contribution in [0, 0.1) is 6.92 Å². The average Bonchev–Trinajstić information content (AvgIpc) is 3.01. The smallest absolute Gasteiger partial charge is 0.279 e. The summed E-state index contributed by atoms with van der Waals surface area (Å²) in [4.78, 5) is 39.2. The van der Waals surface area contributed by atoms with Crippen LogP contribution in [0.15, 0.2) is 83.5 Å². The van der Waals surface area contributed by atoms with Gasteiger partial charge >= 0.3 is 0 Å². The molecule has 1 heterocycles. The van der Waals surface area contributed by atoms with Gasteiger partial charge in [0.15, 0.2) is 0 Å². The number of halogens is 2. The molecule has 0 radical (unpaired) electrons. The summed E-state index contributed by atoms with van der Waals surface area (Å²) in [6.45, 7) is 1.99. The zero-order chi connectivity index (χ0) is 23.5. The number of aryl methyl sites for hydroxylation is 1. The Bertz CT molecular complexity index is 1290. The number of anilines is 2. The first-order valence-electron chi connectivity index (χ1n) is 10.1. The summed E-state index contributed by atoms with van der Waals surface area (Å²) in [6, 6.07) is 20.9. The van der Waals surface area contributed by atoms with Crippen LogP contribution >= 0.6 is 23.2 Å². The van der Waals surface area contributed by atoms with Gasteiger partial charge in [0, 0.05) is 22.0 Å². The maximum absolute atomic E-state index is 12.9. The third-order valence-electron chi connectivity index (χ3n) is 5.12. The molecule has 166 valence electrons. The number of hydrogen-bond donors (Lipinski definition) is 2. The summed E-state index contributed by atoms with van der Waals surface area (Å²) < 4.78 is 0. The van der Waals surface area contributed by atoms with Crippen LogP contribution in [0.2, 0.25) is 5.02 Å². The molecule has 0 unspecified atom stereocenters. The number of carbonyl (C=O) groups excluding carboxylic acids is 3. The lowest BCUT2D eigenvalue weighted by Crippen LogP contribution is -2.31. The molecule has 0 saturated carbocycles. The molecule has 4 rings (SSSR count). The number of nitrogens with zero attached hydrogens (tertiary/aromatic N) is 1. The third kappa shape index (κ3) is 4.92. The van der Waals surface area contributed by atoms with Gasteiger partial charge in [0.25, 0.3) is 17.7 Å². The molecule has 0 fully saturated rings. The highest BCUT2D eigenvalue weighted by atomic mass is 35.5. The summed E-state index contributed by atoms with van der Waals surface area (Å²) >= 11 is 12.3. The van der Waals surface area contributed by atoms with E-state index < -0.39 is 11.8 Å². The first-order chi connectivity index (χ1) is 15.8. The molecular formula is C25H19Cl2N3O3. The number of amides is 3. The first kappa shape index (κ1) is 22.6. The predicted octanol–water partition coefficient (Wildman–Crippen LogP) is 5.33. The molecule has 8 heteroatoms. The van der Waals surface area contributed by atoms with E-state index in [1.165, 1.54) is 0 Å². The summed E-state index contributed by atoms with van der Waals surface area (Å²) in [5.41, 5.74) is 3.04. The van der Waals surface area contributed by atoms with Crippen molar-refractivity contribution in [3.05, 3.63) is 105 Å². The molecule has 0 bridgehead atoms. The zero-order valence-corrected chi connectivity index (χ0v) is 19.1. The fourth-order valence-electron chi connectivity index (χ4n) is 3.32. The standard InChI is InChI=1S/C25H19Cl2N3O3/c1-15-10-11-19(13-20(15)26)29-23(31)17-8-5-9-18(12-17)28-22-21(27)24(32)30(25(22)33)14-16-6-3-2-4-7-16/h2-13,28H,14H2,1H3,(H,29,31). The van der Waals surface area contributed by atoms with E-state index in [1.54, 1.807) is 36.4 Å². The normalized spacial score (nSPS) is 13.5. The maximum atomic E-state index is 12.9. The van der Waals surface area contributed by atoms with Gasteiger partial charge in [-0.15, -0.1) is 0 Å². The van der Waals surface area contributed by atoms with E-state index in [9.17, 15) is 14.4 Å². The Morgan fingerprint density at radius 2 is 1.64 bits per heavy atom. The molecule has 0 aromatic heterocycles. The molecular weight excluding hydrogens is 461 g/mol. The number of nitrogens with one attached hydrogen (secondary N) is 2. The Balaban J connectivity index is 1.49. The second-order valence-electron chi connectivity index (χ2n) is 7.49. The van der Waals surface area contributed by atoms with Crippen LogP contribution in [0.4, 0.5) is 11.4 Å². The molecule has 1 aliphatic rings. The monoisotopic (exact) mass is 479 g/mol. The van der Waals surface area contributed by atoms with E-state index in [4.69, 9.17) is 23.2 Å². The number of benzene rings is 3. The molecule has 0 saturated heterocycles. The topological polar surface area (TPSA) is 78.5 Å². The van der Waals surface area contributed by atoms with E-state index in [-0.39, 0.29) is 23.2 Å². The van der Waals surface area contributed by atoms with Gasteiger partial charge in [-0.25, -0.2) is 0 Å². The van der Waals surface area contributed by atoms with Gasteiger partial charge in [-0.3, -0.25) is 19.3 Å². The van der Waals surface area contributed by atoms with Crippen LogP contribution in [0.5, 0.6) is 0 Å². The van der Waals surface area contributed by atoms with Gasteiger partial charge in [-0.05, 0) is 48.4 Å². The van der Waals surface area contributed by atoms with Crippen LogP contribution in [0.25, 0.3) is 0 Å². The van der Waals surface area contributed by atoms with Crippen molar-refractivity contribution in [2.24, 2.45) is 0 Å². The molecule has 33 heavy (non-hydrogen) atoms. The lowest BCUT2D eigenvalue weighted by atomic mass is 10.1. The maximum Gasteiger partial charge on any atom is 0.279 e. The Hall–Kier alpha value is -3.61. The van der Waals surface area contributed by atoms with Crippen molar-refractivity contribution in [2.75, 3.05) is 10.6 Å². The quantitative estimate of drug-likeness (QED) is 0.468. The van der Waals surface area contributed by atoms with Gasteiger partial charge in [-0.2, -0.15) is 0 Å². The van der Waals surface area contributed by atoms with Crippen LogP contribution < -0.4 is 10.6 Å². The van der Waals surface area contributed by atoms with Crippen molar-refractivity contribution in [1.29, 1.82) is 0 Å². The van der Waals surface area contributed by atoms with Gasteiger partial charge in [-0.1, -0.05) is 65.7 Å². The first-order valence-corrected chi connectivity index (χ1v) is 10.8. The minimum absolute atomic E-state index is 0.0273. The van der Waals surface area contributed by atoms with Gasteiger partial charge in [0.1, 0.15) is 10.7 Å². The van der Waals surface area contributed by atoms with Crippen molar-refractivity contribution in [2.45, 2.75) is 13.5 Å². The second-order valence-corrected chi connectivity index (χ2v) is 8.28. The van der Waals surface area contributed by atoms with Gasteiger partial charge in [0.05, 0.1) is 6.54 Å². The average molecular weight is 480 g/mol. The van der Waals surface area contributed by atoms with E-state index in [2.05, 4.69) is 10.6 Å². The molecule has 0 spiro atoms. The third-order valence-corrected chi connectivity index (χ3v) is 5.88. The number of imide groups is 1. The van der Waals surface area contributed by atoms with E-state index in [0.717, 1.165) is 16.0 Å². The Morgan fingerprint density at radius 1 is 0.879 bits per heavy atom.